The topological polar surface area (TPSA) is 87.1 Å². The van der Waals surface area contributed by atoms with Crippen molar-refractivity contribution < 1.29 is 24.5 Å². The zero-order chi connectivity index (χ0) is 20.3. The van der Waals surface area contributed by atoms with Crippen molar-refractivity contribution in [3.8, 4) is 11.5 Å². The molecule has 0 aromatic heterocycles. The van der Waals surface area contributed by atoms with E-state index in [2.05, 4.69) is 0 Å². The summed E-state index contributed by atoms with van der Waals surface area (Å²) in [6.45, 7) is 0. The summed E-state index contributed by atoms with van der Waals surface area (Å²) in [6.07, 6.45) is 1.39. The Balaban J connectivity index is 1.94. The fourth-order valence-electron chi connectivity index (χ4n) is 2.88. The van der Waals surface area contributed by atoms with Gasteiger partial charge in [0.1, 0.15) is 4.32 Å². The summed E-state index contributed by atoms with van der Waals surface area (Å²) >= 11 is 6.50. The first-order chi connectivity index (χ1) is 13.4. The zero-order valence-electron chi connectivity index (χ0n) is 14.9. The molecule has 8 heteroatoms. The number of phenolic OH excluding ortho intramolecular Hbond substituents is 1. The quantitative estimate of drug-likeness (QED) is 0.548. The largest absolute Gasteiger partial charge is 0.504 e. The molecule has 2 aromatic rings. The van der Waals surface area contributed by atoms with Crippen LogP contribution in [-0.2, 0) is 9.59 Å². The molecular weight excluding hydrogens is 398 g/mol. The summed E-state index contributed by atoms with van der Waals surface area (Å²) < 4.78 is 5.39. The average Bonchev–Trinajstić information content (AvgIpc) is 2.95. The van der Waals surface area contributed by atoms with Crippen molar-refractivity contribution in [2.24, 2.45) is 0 Å². The summed E-state index contributed by atoms with van der Waals surface area (Å²) in [7, 11) is 1.44. The molecule has 0 saturated carbocycles. The van der Waals surface area contributed by atoms with E-state index in [1.54, 1.807) is 42.5 Å². The van der Waals surface area contributed by atoms with Crippen LogP contribution in [-0.4, -0.2) is 38.4 Å². The Morgan fingerprint density at radius 2 is 2.00 bits per heavy atom. The Bertz CT molecular complexity index is 958. The second kappa shape index (κ2) is 8.45. The van der Waals surface area contributed by atoms with Gasteiger partial charge in [-0.2, -0.15) is 0 Å². The van der Waals surface area contributed by atoms with Gasteiger partial charge >= 0.3 is 5.97 Å². The van der Waals surface area contributed by atoms with Crippen LogP contribution < -0.4 is 4.74 Å². The summed E-state index contributed by atoms with van der Waals surface area (Å²) in [4.78, 5) is 26.1. The summed E-state index contributed by atoms with van der Waals surface area (Å²) in [6, 6.07) is 13.0. The lowest BCUT2D eigenvalue weighted by atomic mass is 10.0. The van der Waals surface area contributed by atoms with Gasteiger partial charge in [-0.1, -0.05) is 60.4 Å². The first-order valence-electron chi connectivity index (χ1n) is 8.31. The lowest BCUT2D eigenvalue weighted by Gasteiger charge is -2.26. The maximum absolute atomic E-state index is 13.0. The molecule has 1 aliphatic rings. The number of thioether (sulfide) groups is 1. The number of rotatable bonds is 6. The molecule has 1 fully saturated rings. The highest BCUT2D eigenvalue weighted by molar-refractivity contribution is 8.26. The average molecular weight is 415 g/mol. The number of phenols is 1. The van der Waals surface area contributed by atoms with Crippen LogP contribution in [0.1, 0.15) is 23.6 Å². The molecule has 0 radical (unpaired) electrons. The Hall–Kier alpha value is -2.84. The number of carboxylic acids is 1. The number of ether oxygens (including phenoxy) is 1. The molecule has 2 aromatic carbocycles. The molecule has 1 aliphatic heterocycles. The van der Waals surface area contributed by atoms with Crippen LogP contribution in [0.3, 0.4) is 0 Å². The van der Waals surface area contributed by atoms with E-state index in [1.165, 1.54) is 18.1 Å². The van der Waals surface area contributed by atoms with Crippen molar-refractivity contribution in [1.82, 2.24) is 4.90 Å². The fraction of sp³-hybridized carbons (Fsp3) is 0.150. The molecule has 0 aliphatic carbocycles. The summed E-state index contributed by atoms with van der Waals surface area (Å²) in [5, 5.41) is 19.0. The third-order valence-electron chi connectivity index (χ3n) is 4.19. The molecule has 1 heterocycles. The van der Waals surface area contributed by atoms with Crippen molar-refractivity contribution in [3.63, 3.8) is 0 Å². The molecule has 0 bridgehead atoms. The lowest BCUT2D eigenvalue weighted by Crippen LogP contribution is -2.34. The van der Waals surface area contributed by atoms with Gasteiger partial charge in [-0.15, -0.1) is 0 Å². The Labute approximate surface area is 171 Å². The van der Waals surface area contributed by atoms with Crippen LogP contribution in [0.5, 0.6) is 11.5 Å². The number of carbonyl (C=O) groups is 2. The van der Waals surface area contributed by atoms with Crippen molar-refractivity contribution in [1.29, 1.82) is 0 Å². The standard InChI is InChI=1S/C20H17NO5S2/c1-26-16-9-12(7-8-15(16)22)10-17-19(25)21(20(27)28-17)14(11-18(23)24)13-5-3-2-4-6-13/h2-10,14,22H,11H2,1H3,(H,23,24)/b17-10+/t14-/m0/s1. The third kappa shape index (κ3) is 4.18. The number of nitrogens with zero attached hydrogens (tertiary/aromatic N) is 1. The van der Waals surface area contributed by atoms with Crippen LogP contribution in [0.2, 0.25) is 0 Å². The van der Waals surface area contributed by atoms with Gasteiger partial charge in [-0.25, -0.2) is 0 Å². The molecule has 1 atom stereocenters. The molecule has 2 N–H and O–H groups in total. The number of thiocarbonyl (C=S) groups is 1. The van der Waals surface area contributed by atoms with E-state index in [4.69, 9.17) is 17.0 Å². The molecule has 3 rings (SSSR count). The van der Waals surface area contributed by atoms with E-state index in [9.17, 15) is 19.8 Å². The van der Waals surface area contributed by atoms with Crippen LogP contribution in [0.4, 0.5) is 0 Å². The van der Waals surface area contributed by atoms with E-state index in [-0.39, 0.29) is 23.8 Å². The van der Waals surface area contributed by atoms with Crippen molar-refractivity contribution >= 4 is 46.3 Å². The van der Waals surface area contributed by atoms with Crippen LogP contribution in [0, 0.1) is 0 Å². The normalized spacial score (nSPS) is 16.5. The first kappa shape index (κ1) is 19.9. The SMILES string of the molecule is COc1cc(/C=C2/SC(=S)N([C@@H](CC(=O)O)c3ccccc3)C2=O)ccc1O. The Kier molecular flexibility index (Phi) is 6.01. The number of aromatic hydroxyl groups is 1. The zero-order valence-corrected chi connectivity index (χ0v) is 16.5. The second-order valence-electron chi connectivity index (χ2n) is 6.01. The minimum absolute atomic E-state index is 0.00204. The maximum Gasteiger partial charge on any atom is 0.305 e. The Morgan fingerprint density at radius 3 is 2.64 bits per heavy atom. The molecule has 6 nitrogen and oxygen atoms in total. The van der Waals surface area contributed by atoms with Crippen LogP contribution >= 0.6 is 24.0 Å². The summed E-state index contributed by atoms with van der Waals surface area (Å²) in [5.74, 6) is -1.08. The van der Waals surface area contributed by atoms with Crippen molar-refractivity contribution in [2.45, 2.75) is 12.5 Å². The monoisotopic (exact) mass is 415 g/mol. The Morgan fingerprint density at radius 1 is 1.29 bits per heavy atom. The van der Waals surface area contributed by atoms with Crippen LogP contribution in [0.25, 0.3) is 6.08 Å². The molecule has 0 unspecified atom stereocenters. The van der Waals surface area contributed by atoms with E-state index >= 15 is 0 Å². The van der Waals surface area contributed by atoms with E-state index in [0.717, 1.165) is 11.8 Å². The molecule has 28 heavy (non-hydrogen) atoms. The minimum Gasteiger partial charge on any atom is -0.504 e. The van der Waals surface area contributed by atoms with Gasteiger partial charge in [0.2, 0.25) is 0 Å². The highest BCUT2D eigenvalue weighted by Crippen LogP contribution is 2.40. The van der Waals surface area contributed by atoms with Crippen molar-refractivity contribution in [2.75, 3.05) is 7.11 Å². The predicted octanol–water partition coefficient (Wildman–Crippen LogP) is 3.82. The number of hydrogen-bond donors (Lipinski definition) is 2. The first-order valence-corrected chi connectivity index (χ1v) is 9.54. The number of aliphatic carboxylic acids is 1. The van der Waals surface area contributed by atoms with Gasteiger partial charge in [0, 0.05) is 0 Å². The van der Waals surface area contributed by atoms with Gasteiger partial charge in [-0.05, 0) is 29.3 Å². The molecule has 1 amide bonds. The number of hydrogen-bond acceptors (Lipinski definition) is 6. The second-order valence-corrected chi connectivity index (χ2v) is 7.68. The molecular formula is C20H17NO5S2. The maximum atomic E-state index is 13.0. The predicted molar refractivity (Wildman–Crippen MR) is 111 cm³/mol. The van der Waals surface area contributed by atoms with E-state index < -0.39 is 12.0 Å². The van der Waals surface area contributed by atoms with Gasteiger partial charge in [0.25, 0.3) is 5.91 Å². The molecule has 144 valence electrons. The number of benzene rings is 2. The van der Waals surface area contributed by atoms with Gasteiger partial charge in [0.05, 0.1) is 24.5 Å². The van der Waals surface area contributed by atoms with E-state index in [0.29, 0.717) is 20.4 Å². The minimum atomic E-state index is -1.02. The molecule has 1 saturated heterocycles. The van der Waals surface area contributed by atoms with Gasteiger partial charge in [0.15, 0.2) is 11.5 Å². The highest BCUT2D eigenvalue weighted by atomic mass is 32.2. The summed E-state index contributed by atoms with van der Waals surface area (Å²) in [5.41, 5.74) is 1.36. The fourth-order valence-corrected chi connectivity index (χ4v) is 4.24. The van der Waals surface area contributed by atoms with Crippen LogP contribution in [0.15, 0.2) is 53.4 Å². The number of carbonyl (C=O) groups excluding carboxylic acids is 1. The smallest absolute Gasteiger partial charge is 0.305 e. The van der Waals surface area contributed by atoms with Gasteiger partial charge in [-0.3, -0.25) is 14.5 Å². The highest BCUT2D eigenvalue weighted by Gasteiger charge is 2.38. The number of amides is 1. The number of methoxy groups -OCH3 is 1. The van der Waals surface area contributed by atoms with E-state index in [1.807, 2.05) is 6.07 Å². The van der Waals surface area contributed by atoms with Gasteiger partial charge < -0.3 is 14.9 Å². The number of carboxylic acid groups (broad SMARTS) is 1. The third-order valence-corrected chi connectivity index (χ3v) is 5.52. The lowest BCUT2D eigenvalue weighted by molar-refractivity contribution is -0.138. The molecule has 0 spiro atoms. The van der Waals surface area contributed by atoms with Crippen molar-refractivity contribution in [3.05, 3.63) is 64.6 Å².